The van der Waals surface area contributed by atoms with E-state index in [1.807, 2.05) is 12.1 Å². The average Bonchev–Trinajstić information content (AvgIpc) is 2.63. The van der Waals surface area contributed by atoms with Crippen molar-refractivity contribution in [3.8, 4) is 0 Å². The molecule has 2 aromatic carbocycles. The Labute approximate surface area is 169 Å². The molecule has 0 fully saturated rings. The number of thioether (sulfide) groups is 2. The van der Waals surface area contributed by atoms with Crippen molar-refractivity contribution in [1.29, 1.82) is 0 Å². The summed E-state index contributed by atoms with van der Waals surface area (Å²) in [5, 5.41) is 5.81. The zero-order valence-electron chi connectivity index (χ0n) is 14.1. The highest BCUT2D eigenvalue weighted by atomic mass is 35.5. The first-order chi connectivity index (χ1) is 13.0. The van der Waals surface area contributed by atoms with Crippen LogP contribution in [0.1, 0.15) is 24.4 Å². The van der Waals surface area contributed by atoms with Crippen molar-refractivity contribution in [2.45, 2.75) is 33.9 Å². The Balaban J connectivity index is 1.44. The summed E-state index contributed by atoms with van der Waals surface area (Å²) in [6.45, 7) is 0. The fraction of sp³-hybridized carbons (Fsp3) is 0.263. The lowest BCUT2D eigenvalue weighted by atomic mass is 10.0. The molecule has 0 saturated heterocycles. The predicted molar refractivity (Wildman–Crippen MR) is 107 cm³/mol. The van der Waals surface area contributed by atoms with E-state index in [0.717, 1.165) is 22.6 Å². The van der Waals surface area contributed by atoms with Crippen LogP contribution >= 0.6 is 35.1 Å². The lowest BCUT2D eigenvalue weighted by molar-refractivity contribution is -0.124. The third kappa shape index (κ3) is 3.95. The molecule has 2 atom stereocenters. The maximum Gasteiger partial charge on any atom is 0.238 e. The lowest BCUT2D eigenvalue weighted by Gasteiger charge is -2.28. The van der Waals surface area contributed by atoms with Crippen LogP contribution in [0.4, 0.5) is 10.1 Å². The van der Waals surface area contributed by atoms with Crippen LogP contribution in [0, 0.1) is 5.82 Å². The summed E-state index contributed by atoms with van der Waals surface area (Å²) in [5.74, 6) is 0.0581. The van der Waals surface area contributed by atoms with Crippen LogP contribution in [0.15, 0.2) is 46.2 Å². The number of carbonyl (C=O) groups excluding carboxylic acids is 2. The van der Waals surface area contributed by atoms with Crippen LogP contribution in [0.2, 0.25) is 5.02 Å². The normalized spacial score (nSPS) is 21.0. The number of halogens is 2. The first-order valence-corrected chi connectivity index (χ1v) is 10.7. The quantitative estimate of drug-likeness (QED) is 0.756. The molecule has 2 aliphatic rings. The molecule has 2 heterocycles. The molecule has 0 radical (unpaired) electrons. The average molecular weight is 423 g/mol. The third-order valence-corrected chi connectivity index (χ3v) is 7.16. The molecule has 2 N–H and O–H groups in total. The number of fused-ring (bicyclic) bond motifs is 2. The van der Waals surface area contributed by atoms with Gasteiger partial charge in [-0.1, -0.05) is 23.7 Å². The first kappa shape index (κ1) is 18.7. The minimum absolute atomic E-state index is 0.0624. The van der Waals surface area contributed by atoms with Gasteiger partial charge in [-0.05, 0) is 36.2 Å². The molecular weight excluding hydrogens is 407 g/mol. The van der Waals surface area contributed by atoms with Crippen LogP contribution in [0.3, 0.4) is 0 Å². The Hall–Kier alpha value is -1.70. The molecule has 27 heavy (non-hydrogen) atoms. The second kappa shape index (κ2) is 7.73. The molecule has 0 aliphatic carbocycles. The molecule has 0 aromatic heterocycles. The van der Waals surface area contributed by atoms with Gasteiger partial charge in [-0.3, -0.25) is 9.59 Å². The van der Waals surface area contributed by atoms with E-state index < -0.39 is 5.25 Å². The van der Waals surface area contributed by atoms with Gasteiger partial charge in [0.2, 0.25) is 11.8 Å². The molecule has 0 saturated carbocycles. The number of carbonyl (C=O) groups is 2. The predicted octanol–water partition coefficient (Wildman–Crippen LogP) is 4.64. The Kier molecular flexibility index (Phi) is 5.34. The van der Waals surface area contributed by atoms with Crippen LogP contribution < -0.4 is 10.6 Å². The molecule has 0 bridgehead atoms. The second-order valence-corrected chi connectivity index (χ2v) is 9.14. The van der Waals surface area contributed by atoms with E-state index in [1.54, 1.807) is 18.2 Å². The van der Waals surface area contributed by atoms with Gasteiger partial charge in [0.25, 0.3) is 0 Å². The summed E-state index contributed by atoms with van der Waals surface area (Å²) in [7, 11) is 0. The molecular formula is C19H16ClFN2O2S2. The SMILES string of the molecule is O=C(CC1Sc2ccc(Cl)cc2NC1=O)NC1CCSc2c(F)cccc21. The Morgan fingerprint density at radius 3 is 3.04 bits per heavy atom. The molecule has 8 heteroatoms. The van der Waals surface area contributed by atoms with Crippen molar-refractivity contribution >= 4 is 52.6 Å². The summed E-state index contributed by atoms with van der Waals surface area (Å²) >= 11 is 8.78. The smallest absolute Gasteiger partial charge is 0.238 e. The Bertz CT molecular complexity index is 925. The largest absolute Gasteiger partial charge is 0.349 e. The zero-order chi connectivity index (χ0) is 19.0. The molecule has 0 spiro atoms. The zero-order valence-corrected chi connectivity index (χ0v) is 16.5. The van der Waals surface area contributed by atoms with Crippen molar-refractivity contribution in [1.82, 2.24) is 5.32 Å². The maximum atomic E-state index is 14.0. The lowest BCUT2D eigenvalue weighted by Crippen LogP contribution is -2.37. The van der Waals surface area contributed by atoms with Crippen molar-refractivity contribution in [2.24, 2.45) is 0 Å². The molecule has 4 rings (SSSR count). The van der Waals surface area contributed by atoms with Gasteiger partial charge in [-0.2, -0.15) is 0 Å². The summed E-state index contributed by atoms with van der Waals surface area (Å²) in [6.07, 6.45) is 0.797. The van der Waals surface area contributed by atoms with Crippen LogP contribution in [-0.4, -0.2) is 22.8 Å². The van der Waals surface area contributed by atoms with E-state index in [2.05, 4.69) is 10.6 Å². The highest BCUT2D eigenvalue weighted by Gasteiger charge is 2.31. The van der Waals surface area contributed by atoms with Crippen molar-refractivity contribution < 1.29 is 14.0 Å². The van der Waals surface area contributed by atoms with E-state index in [1.165, 1.54) is 29.6 Å². The van der Waals surface area contributed by atoms with Crippen LogP contribution in [0.25, 0.3) is 0 Å². The van der Waals surface area contributed by atoms with Gasteiger partial charge in [-0.15, -0.1) is 23.5 Å². The molecule has 4 nitrogen and oxygen atoms in total. The number of hydrogen-bond acceptors (Lipinski definition) is 4. The van der Waals surface area contributed by atoms with Gasteiger partial charge in [-0.25, -0.2) is 4.39 Å². The van der Waals surface area contributed by atoms with Crippen molar-refractivity contribution in [3.63, 3.8) is 0 Å². The monoisotopic (exact) mass is 422 g/mol. The molecule has 2 aliphatic heterocycles. The fourth-order valence-electron chi connectivity index (χ4n) is 3.22. The fourth-order valence-corrected chi connectivity index (χ4v) is 5.62. The van der Waals surface area contributed by atoms with E-state index >= 15 is 0 Å². The van der Waals surface area contributed by atoms with Gasteiger partial charge in [0, 0.05) is 27.0 Å². The van der Waals surface area contributed by atoms with Crippen LogP contribution in [0.5, 0.6) is 0 Å². The van der Waals surface area contributed by atoms with Gasteiger partial charge < -0.3 is 10.6 Å². The number of nitrogens with one attached hydrogen (secondary N) is 2. The number of benzene rings is 2. The highest BCUT2D eigenvalue weighted by molar-refractivity contribution is 8.01. The van der Waals surface area contributed by atoms with Crippen molar-refractivity contribution in [2.75, 3.05) is 11.1 Å². The van der Waals surface area contributed by atoms with Gasteiger partial charge in [0.1, 0.15) is 5.82 Å². The van der Waals surface area contributed by atoms with Gasteiger partial charge >= 0.3 is 0 Å². The van der Waals surface area contributed by atoms with E-state index in [-0.39, 0.29) is 30.1 Å². The maximum absolute atomic E-state index is 14.0. The summed E-state index contributed by atoms with van der Waals surface area (Å²) in [5.41, 5.74) is 1.48. The van der Waals surface area contributed by atoms with Crippen LogP contribution in [-0.2, 0) is 9.59 Å². The van der Waals surface area contributed by atoms with Gasteiger partial charge in [0.05, 0.1) is 17.0 Å². The first-order valence-electron chi connectivity index (χ1n) is 8.49. The standard InChI is InChI=1S/C19H16ClFN2O2S2/c20-10-4-5-15-14(8-10)23-19(25)16(27-15)9-17(24)22-13-6-7-26-18-11(13)2-1-3-12(18)21/h1-5,8,13,16H,6-7,9H2,(H,22,24)(H,23,25). The molecule has 2 unspecified atom stereocenters. The van der Waals surface area contributed by atoms with E-state index in [9.17, 15) is 14.0 Å². The van der Waals surface area contributed by atoms with Gasteiger partial charge in [0.15, 0.2) is 0 Å². The summed E-state index contributed by atoms with van der Waals surface area (Å²) in [4.78, 5) is 26.4. The number of amides is 2. The summed E-state index contributed by atoms with van der Waals surface area (Å²) < 4.78 is 14.0. The Morgan fingerprint density at radius 2 is 2.19 bits per heavy atom. The van der Waals surface area contributed by atoms with Crippen molar-refractivity contribution in [3.05, 3.63) is 52.8 Å². The molecule has 2 aromatic rings. The third-order valence-electron chi connectivity index (χ3n) is 4.49. The van der Waals surface area contributed by atoms with E-state index in [4.69, 9.17) is 11.6 Å². The molecule has 2 amide bonds. The minimum atomic E-state index is -0.511. The van der Waals surface area contributed by atoms with E-state index in [0.29, 0.717) is 15.6 Å². The summed E-state index contributed by atoms with van der Waals surface area (Å²) in [6, 6.07) is 10.00. The Morgan fingerprint density at radius 1 is 1.33 bits per heavy atom. The highest BCUT2D eigenvalue weighted by Crippen LogP contribution is 2.40. The second-order valence-electron chi connectivity index (χ2n) is 6.36. The number of anilines is 1. The topological polar surface area (TPSA) is 58.2 Å². The number of rotatable bonds is 3. The minimum Gasteiger partial charge on any atom is -0.349 e. The number of hydrogen-bond donors (Lipinski definition) is 2. The molecule has 140 valence electrons.